The van der Waals surface area contributed by atoms with Gasteiger partial charge in [0.2, 0.25) is 0 Å². The van der Waals surface area contributed by atoms with Crippen molar-refractivity contribution in [2.45, 2.75) is 18.4 Å². The van der Waals surface area contributed by atoms with Crippen LogP contribution in [-0.2, 0) is 19.9 Å². The van der Waals surface area contributed by atoms with Crippen LogP contribution in [-0.4, -0.2) is 27.7 Å². The number of hydrogen-bond acceptors (Lipinski definition) is 3. The average Bonchev–Trinajstić information content (AvgIpc) is 2.84. The molecule has 1 heterocycles. The van der Waals surface area contributed by atoms with Crippen molar-refractivity contribution >= 4 is 5.91 Å². The predicted molar refractivity (Wildman–Crippen MR) is 82.8 cm³/mol. The number of hydrogen-bond donors (Lipinski definition) is 2. The van der Waals surface area contributed by atoms with Gasteiger partial charge < -0.3 is 15.0 Å². The van der Waals surface area contributed by atoms with E-state index in [1.165, 1.54) is 10.6 Å². The monoisotopic (exact) mass is 298 g/mol. The molecule has 5 heteroatoms. The number of aryl methyl sites for hydroxylation is 1. The SMILES string of the molecule is Cn1cccc(C(=O)NCC2(O)Cc3ccccc3C2)c1=O. The summed E-state index contributed by atoms with van der Waals surface area (Å²) in [5, 5.41) is 13.3. The lowest BCUT2D eigenvalue weighted by Crippen LogP contribution is -2.44. The van der Waals surface area contributed by atoms with Crippen molar-refractivity contribution < 1.29 is 9.90 Å². The molecule has 1 aromatic heterocycles. The third-order valence-electron chi connectivity index (χ3n) is 4.10. The molecule has 1 aromatic carbocycles. The largest absolute Gasteiger partial charge is 0.387 e. The van der Waals surface area contributed by atoms with E-state index in [-0.39, 0.29) is 17.7 Å². The standard InChI is InChI=1S/C17H18N2O3/c1-19-8-4-7-14(16(19)21)15(20)18-11-17(22)9-12-5-2-3-6-13(12)10-17/h2-8,22H,9-11H2,1H3,(H,18,20). The number of pyridine rings is 1. The molecule has 0 saturated carbocycles. The summed E-state index contributed by atoms with van der Waals surface area (Å²) < 4.78 is 1.36. The highest BCUT2D eigenvalue weighted by Crippen LogP contribution is 2.29. The van der Waals surface area contributed by atoms with Crippen LogP contribution < -0.4 is 10.9 Å². The van der Waals surface area contributed by atoms with E-state index in [1.54, 1.807) is 19.3 Å². The Labute approximate surface area is 128 Å². The van der Waals surface area contributed by atoms with Crippen LogP contribution in [0.2, 0.25) is 0 Å². The van der Waals surface area contributed by atoms with Crippen molar-refractivity contribution in [2.24, 2.45) is 7.05 Å². The Morgan fingerprint density at radius 1 is 1.23 bits per heavy atom. The van der Waals surface area contributed by atoms with Gasteiger partial charge in [-0.1, -0.05) is 24.3 Å². The molecular weight excluding hydrogens is 280 g/mol. The minimum absolute atomic E-state index is 0.0871. The summed E-state index contributed by atoms with van der Waals surface area (Å²) >= 11 is 0. The molecule has 0 bridgehead atoms. The second-order valence-electron chi connectivity index (χ2n) is 5.87. The highest BCUT2D eigenvalue weighted by molar-refractivity contribution is 5.93. The zero-order valence-corrected chi connectivity index (χ0v) is 12.4. The van der Waals surface area contributed by atoms with Crippen LogP contribution in [0.25, 0.3) is 0 Å². The van der Waals surface area contributed by atoms with E-state index in [0.717, 1.165) is 11.1 Å². The fraction of sp³-hybridized carbons (Fsp3) is 0.294. The van der Waals surface area contributed by atoms with Gasteiger partial charge >= 0.3 is 0 Å². The Morgan fingerprint density at radius 2 is 1.86 bits per heavy atom. The molecule has 22 heavy (non-hydrogen) atoms. The maximum Gasteiger partial charge on any atom is 0.263 e. The van der Waals surface area contributed by atoms with E-state index >= 15 is 0 Å². The van der Waals surface area contributed by atoms with E-state index < -0.39 is 11.5 Å². The second-order valence-corrected chi connectivity index (χ2v) is 5.87. The smallest absolute Gasteiger partial charge is 0.263 e. The molecule has 0 spiro atoms. The molecule has 114 valence electrons. The maximum absolute atomic E-state index is 12.2. The first kappa shape index (κ1) is 14.5. The summed E-state index contributed by atoms with van der Waals surface area (Å²) in [7, 11) is 1.60. The fourth-order valence-electron chi connectivity index (χ4n) is 2.91. The Kier molecular flexibility index (Phi) is 3.58. The molecule has 1 aliphatic rings. The van der Waals surface area contributed by atoms with Crippen LogP contribution in [0, 0.1) is 0 Å². The quantitative estimate of drug-likeness (QED) is 0.874. The summed E-state index contributed by atoms with van der Waals surface area (Å²) in [6, 6.07) is 11.0. The van der Waals surface area contributed by atoms with Gasteiger partial charge in [0.25, 0.3) is 11.5 Å². The number of benzene rings is 1. The topological polar surface area (TPSA) is 71.3 Å². The summed E-state index contributed by atoms with van der Waals surface area (Å²) in [5.41, 5.74) is 0.967. The number of aromatic nitrogens is 1. The van der Waals surface area contributed by atoms with Crippen molar-refractivity contribution in [3.63, 3.8) is 0 Å². The molecule has 5 nitrogen and oxygen atoms in total. The zero-order valence-electron chi connectivity index (χ0n) is 12.4. The van der Waals surface area contributed by atoms with E-state index in [4.69, 9.17) is 0 Å². The van der Waals surface area contributed by atoms with Gasteiger partial charge in [0.15, 0.2) is 0 Å². The van der Waals surface area contributed by atoms with Crippen molar-refractivity contribution in [3.8, 4) is 0 Å². The average molecular weight is 298 g/mol. The van der Waals surface area contributed by atoms with Crippen molar-refractivity contribution in [1.29, 1.82) is 0 Å². The number of rotatable bonds is 3. The first-order chi connectivity index (χ1) is 10.5. The lowest BCUT2D eigenvalue weighted by molar-refractivity contribution is 0.0479. The molecule has 0 fully saturated rings. The molecule has 0 atom stereocenters. The summed E-state index contributed by atoms with van der Waals surface area (Å²) in [4.78, 5) is 24.1. The maximum atomic E-state index is 12.2. The number of nitrogens with one attached hydrogen (secondary N) is 1. The summed E-state index contributed by atoms with van der Waals surface area (Å²) in [6.07, 6.45) is 2.62. The normalized spacial score (nSPS) is 15.4. The van der Waals surface area contributed by atoms with Gasteiger partial charge in [0, 0.05) is 32.6 Å². The molecule has 1 aliphatic carbocycles. The number of carbonyl (C=O) groups is 1. The highest BCUT2D eigenvalue weighted by atomic mass is 16.3. The molecule has 0 radical (unpaired) electrons. The Hall–Kier alpha value is -2.40. The molecule has 1 amide bonds. The minimum Gasteiger partial charge on any atom is -0.387 e. The molecule has 3 rings (SSSR count). The Bertz CT molecular complexity index is 754. The summed E-state index contributed by atoms with van der Waals surface area (Å²) in [6.45, 7) is 0.124. The number of carbonyl (C=O) groups excluding carboxylic acids is 1. The third kappa shape index (κ3) is 2.67. The molecule has 0 saturated heterocycles. The van der Waals surface area contributed by atoms with Crippen LogP contribution in [0.4, 0.5) is 0 Å². The second kappa shape index (κ2) is 5.42. The van der Waals surface area contributed by atoms with Crippen LogP contribution in [0.1, 0.15) is 21.5 Å². The van der Waals surface area contributed by atoms with Gasteiger partial charge in [0.1, 0.15) is 5.56 Å². The number of fused-ring (bicyclic) bond motifs is 1. The van der Waals surface area contributed by atoms with Gasteiger partial charge in [-0.15, -0.1) is 0 Å². The van der Waals surface area contributed by atoms with E-state index in [9.17, 15) is 14.7 Å². The van der Waals surface area contributed by atoms with Crippen molar-refractivity contribution in [2.75, 3.05) is 6.54 Å². The molecule has 2 N–H and O–H groups in total. The van der Waals surface area contributed by atoms with Gasteiger partial charge in [-0.05, 0) is 23.3 Å². The van der Waals surface area contributed by atoms with Crippen LogP contribution >= 0.6 is 0 Å². The van der Waals surface area contributed by atoms with Crippen LogP contribution in [0.15, 0.2) is 47.4 Å². The number of nitrogens with zero attached hydrogens (tertiary/aromatic N) is 1. The van der Waals surface area contributed by atoms with E-state index in [1.807, 2.05) is 24.3 Å². The predicted octanol–water partition coefficient (Wildman–Crippen LogP) is 0.645. The van der Waals surface area contributed by atoms with E-state index in [2.05, 4.69) is 5.32 Å². The Morgan fingerprint density at radius 3 is 2.50 bits per heavy atom. The van der Waals surface area contributed by atoms with Gasteiger partial charge in [-0.3, -0.25) is 9.59 Å². The lowest BCUT2D eigenvalue weighted by atomic mass is 10.0. The molecule has 2 aromatic rings. The van der Waals surface area contributed by atoms with E-state index in [0.29, 0.717) is 12.8 Å². The highest BCUT2D eigenvalue weighted by Gasteiger charge is 2.35. The van der Waals surface area contributed by atoms with Gasteiger partial charge in [0.05, 0.1) is 5.60 Å². The zero-order chi connectivity index (χ0) is 15.7. The first-order valence-electron chi connectivity index (χ1n) is 7.21. The van der Waals surface area contributed by atoms with Crippen LogP contribution in [0.3, 0.4) is 0 Å². The fourth-order valence-corrected chi connectivity index (χ4v) is 2.91. The van der Waals surface area contributed by atoms with Crippen LogP contribution in [0.5, 0.6) is 0 Å². The van der Waals surface area contributed by atoms with Crippen molar-refractivity contribution in [3.05, 3.63) is 69.6 Å². The van der Waals surface area contributed by atoms with Gasteiger partial charge in [-0.25, -0.2) is 0 Å². The number of aliphatic hydroxyl groups is 1. The molecule has 0 unspecified atom stereocenters. The lowest BCUT2D eigenvalue weighted by Gasteiger charge is -2.22. The molecule has 0 aliphatic heterocycles. The number of amides is 1. The Balaban J connectivity index is 1.70. The van der Waals surface area contributed by atoms with Gasteiger partial charge in [-0.2, -0.15) is 0 Å². The third-order valence-corrected chi connectivity index (χ3v) is 4.10. The van der Waals surface area contributed by atoms with Crippen molar-refractivity contribution in [1.82, 2.24) is 9.88 Å². The summed E-state index contributed by atoms with van der Waals surface area (Å²) in [5.74, 6) is -0.453. The first-order valence-corrected chi connectivity index (χ1v) is 7.21. The minimum atomic E-state index is -0.987. The molecular formula is C17H18N2O3.